The maximum absolute atomic E-state index is 13.8. The van der Waals surface area contributed by atoms with E-state index in [9.17, 15) is 77.3 Å². The molecule has 0 unspecified atom stereocenters. The molecule has 1 fully saturated rings. The second kappa shape index (κ2) is 24.6. The van der Waals surface area contributed by atoms with Gasteiger partial charge in [0.2, 0.25) is 29.5 Å². The van der Waals surface area contributed by atoms with Crippen LogP contribution in [0.3, 0.4) is 0 Å². The van der Waals surface area contributed by atoms with Gasteiger partial charge < -0.3 is 52.5 Å². The number of nitrogens with two attached hydrogens (primary N) is 1. The van der Waals surface area contributed by atoms with Gasteiger partial charge in [0, 0.05) is 47.9 Å². The van der Waals surface area contributed by atoms with Crippen molar-refractivity contribution in [3.63, 3.8) is 0 Å². The molecule has 1 saturated heterocycles. The molecule has 22 nitrogen and oxygen atoms in total. The molecule has 0 spiro atoms. The Morgan fingerprint density at radius 2 is 1.57 bits per heavy atom. The average Bonchev–Trinajstić information content (AvgIpc) is 3.57. The van der Waals surface area contributed by atoms with Crippen LogP contribution < -0.4 is 32.3 Å². The lowest BCUT2D eigenvalue weighted by Gasteiger charge is -2.29. The van der Waals surface area contributed by atoms with E-state index in [4.69, 9.17) is 5.73 Å². The van der Waals surface area contributed by atoms with Gasteiger partial charge in [0.1, 0.15) is 18.1 Å². The van der Waals surface area contributed by atoms with Crippen LogP contribution >= 0.6 is 12.6 Å². The number of alkyl halides is 2. The van der Waals surface area contributed by atoms with Crippen LogP contribution in [0.2, 0.25) is 0 Å². The summed E-state index contributed by atoms with van der Waals surface area (Å²) in [4.78, 5) is 132. The Morgan fingerprint density at radius 1 is 0.910 bits per heavy atom. The number of aliphatic carboxylic acids is 3. The first kappa shape index (κ1) is 54.5. The molecule has 1 aliphatic rings. The van der Waals surface area contributed by atoms with Crippen molar-refractivity contribution in [3.05, 3.63) is 36.0 Å². The first-order chi connectivity index (χ1) is 31.4. The highest BCUT2D eigenvalue weighted by atomic mass is 32.1. The lowest BCUT2D eigenvalue weighted by molar-refractivity contribution is -0.144. The minimum atomic E-state index is -3.25. The maximum atomic E-state index is 13.8. The van der Waals surface area contributed by atoms with Gasteiger partial charge in [-0.05, 0) is 51.8 Å². The third kappa shape index (κ3) is 16.8. The van der Waals surface area contributed by atoms with Crippen molar-refractivity contribution in [3.8, 4) is 6.07 Å². The Labute approximate surface area is 387 Å². The van der Waals surface area contributed by atoms with Crippen LogP contribution in [0.15, 0.2) is 30.5 Å². The Morgan fingerprint density at radius 3 is 2.18 bits per heavy atom. The monoisotopic (exact) mass is 961 g/mol. The van der Waals surface area contributed by atoms with Crippen LogP contribution in [0.25, 0.3) is 10.9 Å². The molecule has 6 amide bonds. The van der Waals surface area contributed by atoms with Gasteiger partial charge in [-0.25, -0.2) is 13.6 Å². The number of hydrogen-bond acceptors (Lipinski definition) is 14. The van der Waals surface area contributed by atoms with E-state index < -0.39 is 152 Å². The van der Waals surface area contributed by atoms with Crippen LogP contribution in [-0.4, -0.2) is 139 Å². The first-order valence-corrected chi connectivity index (χ1v) is 21.4. The molecule has 0 bridgehead atoms. The minimum absolute atomic E-state index is 0.00285. The molecule has 1 aliphatic heterocycles. The normalized spacial score (nSPS) is 16.0. The molecular formula is C42H53F2N9O13S. The number of unbranched alkanes of at least 4 members (excludes halogenated alkanes) is 1. The predicted octanol–water partition coefficient (Wildman–Crippen LogP) is 0.734. The number of carboxylic acids is 3. The first-order valence-electron chi connectivity index (χ1n) is 20.9. The highest BCUT2D eigenvalue weighted by Crippen LogP contribution is 2.32. The summed E-state index contributed by atoms with van der Waals surface area (Å²) >= 11 is 4.18. The number of thiol groups is 1. The fourth-order valence-corrected chi connectivity index (χ4v) is 7.21. The molecule has 10 N–H and O–H groups in total. The van der Waals surface area contributed by atoms with Crippen molar-refractivity contribution in [2.75, 3.05) is 25.0 Å². The number of carboxylic acid groups (broad SMARTS) is 3. The van der Waals surface area contributed by atoms with Gasteiger partial charge in [-0.3, -0.25) is 48.1 Å². The average molecular weight is 962 g/mol. The van der Waals surface area contributed by atoms with Crippen LogP contribution in [0.4, 0.5) is 14.5 Å². The van der Waals surface area contributed by atoms with E-state index in [0.717, 1.165) is 0 Å². The number of aromatic nitrogens is 1. The molecule has 1 aromatic heterocycles. The van der Waals surface area contributed by atoms with Crippen LogP contribution in [0, 0.1) is 17.2 Å². The molecule has 25 heteroatoms. The zero-order valence-electron chi connectivity index (χ0n) is 36.5. The lowest BCUT2D eigenvalue weighted by atomic mass is 9.92. The van der Waals surface area contributed by atoms with E-state index in [1.54, 1.807) is 6.07 Å². The molecule has 2 aromatic rings. The number of carbonyl (C=O) groups is 10. The van der Waals surface area contributed by atoms with Gasteiger partial charge in [-0.1, -0.05) is 18.6 Å². The van der Waals surface area contributed by atoms with E-state index in [1.165, 1.54) is 44.3 Å². The van der Waals surface area contributed by atoms with Crippen molar-refractivity contribution in [1.29, 1.82) is 5.26 Å². The van der Waals surface area contributed by atoms with E-state index in [1.807, 2.05) is 0 Å². The van der Waals surface area contributed by atoms with Crippen LogP contribution in [-0.2, 0) is 43.2 Å². The number of nitrogens with zero attached hydrogens (tertiary/aromatic N) is 3. The number of ketones is 1. The van der Waals surface area contributed by atoms with Crippen molar-refractivity contribution < 1.29 is 72.0 Å². The zero-order valence-corrected chi connectivity index (χ0v) is 37.4. The molecule has 5 atom stereocenters. The van der Waals surface area contributed by atoms with Crippen molar-refractivity contribution >= 4 is 88.4 Å². The second-order valence-corrected chi connectivity index (χ2v) is 17.5. The number of anilines is 1. The fourth-order valence-electron chi connectivity index (χ4n) is 7.04. The van der Waals surface area contributed by atoms with Gasteiger partial charge in [0.15, 0.2) is 5.78 Å². The summed E-state index contributed by atoms with van der Waals surface area (Å²) in [5.74, 6) is -14.8. The largest absolute Gasteiger partial charge is 0.481 e. The summed E-state index contributed by atoms with van der Waals surface area (Å²) in [6, 6.07) is 1.10. The van der Waals surface area contributed by atoms with Crippen molar-refractivity contribution in [1.82, 2.24) is 31.2 Å². The summed E-state index contributed by atoms with van der Waals surface area (Å²) in [5.41, 5.74) is 5.82. The van der Waals surface area contributed by atoms with Gasteiger partial charge in [0.25, 0.3) is 11.8 Å². The zero-order chi connectivity index (χ0) is 50.2. The molecule has 67 heavy (non-hydrogen) atoms. The number of para-hydroxylation sites is 1. The van der Waals surface area contributed by atoms with Crippen LogP contribution in [0.1, 0.15) is 88.4 Å². The highest BCUT2D eigenvalue weighted by molar-refractivity contribution is 7.81. The van der Waals surface area contributed by atoms with Gasteiger partial charge in [-0.2, -0.15) is 17.9 Å². The standard InChI is InChI=1S/C42H53F2N9O13S/c1-41(2,67)36(40(65)66)52-39(64)28(17-34(60)61)51-37(62)22(6-3-4-14-45)9-10-29(54)27(16-33(58)59)50-31(56)12-11-30(55)49-26-8-5-7-24-25(13-15-47-35(24)26)38(63)48-20-32(57)53-21-42(43,44)18-23(53)19-46/h5,7-8,13,15,22-23,27-28,36,67H,3-4,6,9-12,14,16-18,20-21,45H2,1-2H3,(H,48,63)(H,49,55)(H,50,56)(H,51,62)(H,52,64)(H,58,59)(H,60,61)(H,65,66)/t22-,23+,27+,28+,36-/m1/s1. The molecule has 3 rings (SSSR count). The van der Waals surface area contributed by atoms with E-state index in [0.29, 0.717) is 17.7 Å². The van der Waals surface area contributed by atoms with Crippen molar-refractivity contribution in [2.45, 2.75) is 113 Å². The number of benzene rings is 1. The molecule has 364 valence electrons. The topological polar surface area (TPSA) is 357 Å². The summed E-state index contributed by atoms with van der Waals surface area (Å²) < 4.78 is 26.4. The fraction of sp³-hybridized carbons (Fsp3) is 0.524. The molecule has 0 aliphatic carbocycles. The number of halogens is 2. The number of hydrogen-bond donors (Lipinski definition) is 10. The van der Waals surface area contributed by atoms with E-state index in [-0.39, 0.29) is 41.5 Å². The smallest absolute Gasteiger partial charge is 0.327 e. The Kier molecular flexibility index (Phi) is 20.1. The molecular weight excluding hydrogens is 909 g/mol. The number of fused-ring (bicyclic) bond motifs is 1. The lowest BCUT2D eigenvalue weighted by Crippen LogP contribution is -2.57. The summed E-state index contributed by atoms with van der Waals surface area (Å²) in [6.45, 7) is 1.38. The van der Waals surface area contributed by atoms with Gasteiger partial charge in [0.05, 0.1) is 54.8 Å². The molecule has 0 saturated carbocycles. The Bertz CT molecular complexity index is 2270. The van der Waals surface area contributed by atoms with Crippen LogP contribution in [0.5, 0.6) is 0 Å². The second-order valence-electron chi connectivity index (χ2n) is 16.3. The number of likely N-dealkylation sites (tertiary alicyclic amines) is 1. The predicted molar refractivity (Wildman–Crippen MR) is 234 cm³/mol. The summed E-state index contributed by atoms with van der Waals surface area (Å²) in [6.07, 6.45) is -2.20. The number of carbonyl (C=O) groups excluding carboxylic acids is 7. The molecule has 2 heterocycles. The quantitative estimate of drug-likeness (QED) is 0.0459. The van der Waals surface area contributed by atoms with Crippen molar-refractivity contribution in [2.24, 2.45) is 11.7 Å². The number of Topliss-reactive ketones (excluding diaryl/α,β-unsaturated/α-hetero) is 1. The number of amides is 6. The number of rotatable bonds is 26. The summed E-state index contributed by atoms with van der Waals surface area (Å²) in [5, 5.41) is 49.7. The SMILES string of the molecule is CC(C)(S)[C@H](NC(=O)[C@H](CC(=O)O)NC(=O)[C@H](CCCCN)CCC(=O)[C@H](CC(=O)O)NC(=O)CCC(=O)Nc1cccc2c(C(=O)NCC(=O)N3CC(F)(F)C[C@H]3C#N)ccnc12)C(=O)O. The molecule has 1 aromatic carbocycles. The Balaban J connectivity index is 1.64. The highest BCUT2D eigenvalue weighted by Gasteiger charge is 2.47. The van der Waals surface area contributed by atoms with E-state index >= 15 is 0 Å². The number of nitriles is 1. The number of pyridine rings is 1. The summed E-state index contributed by atoms with van der Waals surface area (Å²) in [7, 11) is 0. The third-order valence-electron chi connectivity index (χ3n) is 10.5. The van der Waals surface area contributed by atoms with E-state index in [2.05, 4.69) is 44.2 Å². The Hall–Kier alpha value is -6.81. The minimum Gasteiger partial charge on any atom is -0.481 e. The third-order valence-corrected chi connectivity index (χ3v) is 10.7. The maximum Gasteiger partial charge on any atom is 0.327 e. The van der Waals surface area contributed by atoms with Gasteiger partial charge in [-0.15, -0.1) is 0 Å². The van der Waals surface area contributed by atoms with Gasteiger partial charge >= 0.3 is 17.9 Å². The molecule has 0 radical (unpaired) electrons. The number of nitrogens with one attached hydrogen (secondary N) is 5.